The number of hydrogen-bond acceptors (Lipinski definition) is 9. The van der Waals surface area contributed by atoms with E-state index in [0.29, 0.717) is 51.9 Å². The zero-order chi connectivity index (χ0) is 26.2. The monoisotopic (exact) mass is 500 g/mol. The maximum atomic E-state index is 12.8. The van der Waals surface area contributed by atoms with Crippen LogP contribution in [0.3, 0.4) is 0 Å². The van der Waals surface area contributed by atoms with Crippen LogP contribution in [0, 0.1) is 0 Å². The Morgan fingerprint density at radius 2 is 1.37 bits per heavy atom. The summed E-state index contributed by atoms with van der Waals surface area (Å²) in [6.07, 6.45) is -1.23. The first-order valence-electron chi connectivity index (χ1n) is 11.9. The maximum Gasteiger partial charge on any atom is 0.243 e. The molecule has 0 aromatic carbocycles. The molecule has 1 fully saturated rings. The van der Waals surface area contributed by atoms with Crippen LogP contribution in [0.2, 0.25) is 0 Å². The Bertz CT molecular complexity index is 660. The van der Waals surface area contributed by atoms with Gasteiger partial charge in [0, 0.05) is 39.1 Å². The van der Waals surface area contributed by atoms with Gasteiger partial charge in [-0.3, -0.25) is 19.7 Å². The molecule has 3 amide bonds. The number of hydrogen-bond donors (Lipinski definition) is 7. The average Bonchev–Trinajstić information content (AvgIpc) is 2.86. The number of carbonyl (C=O) groups excluding carboxylic acids is 3. The third-order valence-electron chi connectivity index (χ3n) is 5.61. The number of ether oxygens (including phenoxy) is 1. The minimum atomic E-state index is -1.49. The molecule has 12 nitrogen and oxygen atoms in total. The normalized spacial score (nSPS) is 23.8. The molecule has 5 unspecified atom stereocenters. The summed E-state index contributed by atoms with van der Waals surface area (Å²) in [6, 6.07) is 0. The van der Waals surface area contributed by atoms with Crippen LogP contribution in [-0.2, 0) is 19.1 Å². The Morgan fingerprint density at radius 3 is 1.86 bits per heavy atom. The van der Waals surface area contributed by atoms with Crippen LogP contribution in [-0.4, -0.2) is 113 Å². The van der Waals surface area contributed by atoms with Gasteiger partial charge in [0.25, 0.3) is 0 Å². The lowest BCUT2D eigenvalue weighted by Crippen LogP contribution is -2.62. The minimum Gasteiger partial charge on any atom is -0.394 e. The van der Waals surface area contributed by atoms with Gasteiger partial charge in [-0.05, 0) is 37.8 Å². The molecule has 0 spiro atoms. The molecular formula is C23H40N4O8. The van der Waals surface area contributed by atoms with Crippen LogP contribution in [0.1, 0.15) is 32.1 Å². The fraction of sp³-hybridized carbons (Fsp3) is 0.696. The molecule has 0 aromatic rings. The first-order chi connectivity index (χ1) is 16.7. The number of nitrogens with zero attached hydrogens (tertiary/aromatic N) is 1. The summed E-state index contributed by atoms with van der Waals surface area (Å²) >= 11 is 0. The Labute approximate surface area is 206 Å². The summed E-state index contributed by atoms with van der Waals surface area (Å²) in [4.78, 5) is 37.0. The van der Waals surface area contributed by atoms with E-state index >= 15 is 0 Å². The second-order valence-corrected chi connectivity index (χ2v) is 8.24. The molecule has 5 atom stereocenters. The van der Waals surface area contributed by atoms with Crippen molar-refractivity contribution in [1.82, 2.24) is 20.9 Å². The topological polar surface area (TPSA) is 181 Å². The van der Waals surface area contributed by atoms with E-state index in [1.54, 1.807) is 4.90 Å². The predicted octanol–water partition coefficient (Wildman–Crippen LogP) is -2.24. The van der Waals surface area contributed by atoms with Crippen molar-refractivity contribution in [2.24, 2.45) is 0 Å². The summed E-state index contributed by atoms with van der Waals surface area (Å²) in [7, 11) is 0. The van der Waals surface area contributed by atoms with Crippen molar-refractivity contribution < 1.29 is 39.5 Å². The molecule has 1 aliphatic heterocycles. The molecule has 0 aliphatic carbocycles. The molecule has 1 heterocycles. The third kappa shape index (κ3) is 11.3. The number of rotatable bonds is 17. The molecule has 200 valence electrons. The Morgan fingerprint density at radius 1 is 0.829 bits per heavy atom. The zero-order valence-electron chi connectivity index (χ0n) is 20.1. The third-order valence-corrected chi connectivity index (χ3v) is 5.61. The van der Waals surface area contributed by atoms with Gasteiger partial charge in [-0.25, -0.2) is 0 Å². The maximum absolute atomic E-state index is 12.8. The SMILES string of the molecule is C=CC(=O)NCCCCN(CCCCNC(=O)C=C)C(=O)CCNC1OC(CO)C(O)C(O)C1O. The van der Waals surface area contributed by atoms with E-state index in [0.717, 1.165) is 0 Å². The van der Waals surface area contributed by atoms with Gasteiger partial charge in [-0.1, -0.05) is 13.2 Å². The van der Waals surface area contributed by atoms with E-state index in [1.807, 2.05) is 0 Å². The number of aliphatic hydroxyl groups is 4. The lowest BCUT2D eigenvalue weighted by Gasteiger charge is -2.40. The van der Waals surface area contributed by atoms with Crippen LogP contribution in [0.5, 0.6) is 0 Å². The molecule has 0 saturated carbocycles. The van der Waals surface area contributed by atoms with Crippen LogP contribution >= 0.6 is 0 Å². The van der Waals surface area contributed by atoms with Crippen molar-refractivity contribution in [2.75, 3.05) is 39.3 Å². The highest BCUT2D eigenvalue weighted by Gasteiger charge is 2.43. The van der Waals surface area contributed by atoms with Crippen LogP contribution in [0.25, 0.3) is 0 Å². The Hall–Kier alpha value is -2.35. The number of nitrogens with one attached hydrogen (secondary N) is 3. The Kier molecular flexibility index (Phi) is 15.0. The largest absolute Gasteiger partial charge is 0.394 e. The highest BCUT2D eigenvalue weighted by atomic mass is 16.6. The molecule has 1 rings (SSSR count). The molecule has 1 aliphatic rings. The summed E-state index contributed by atoms with van der Waals surface area (Å²) in [5.74, 6) is -0.634. The highest BCUT2D eigenvalue weighted by Crippen LogP contribution is 2.19. The quantitative estimate of drug-likeness (QED) is 0.0858. The number of aliphatic hydroxyl groups excluding tert-OH is 4. The fourth-order valence-electron chi connectivity index (χ4n) is 3.53. The smallest absolute Gasteiger partial charge is 0.243 e. The van der Waals surface area contributed by atoms with Crippen molar-refractivity contribution in [2.45, 2.75) is 62.7 Å². The average molecular weight is 501 g/mol. The lowest BCUT2D eigenvalue weighted by atomic mass is 9.98. The molecule has 0 aromatic heterocycles. The molecular weight excluding hydrogens is 460 g/mol. The van der Waals surface area contributed by atoms with E-state index in [4.69, 9.17) is 4.74 Å². The summed E-state index contributed by atoms with van der Waals surface area (Å²) in [5.41, 5.74) is 0. The van der Waals surface area contributed by atoms with Gasteiger partial charge < -0.3 is 40.7 Å². The van der Waals surface area contributed by atoms with E-state index < -0.39 is 37.3 Å². The first kappa shape index (κ1) is 30.7. The van der Waals surface area contributed by atoms with Gasteiger partial charge in [0.2, 0.25) is 17.7 Å². The van der Waals surface area contributed by atoms with Crippen molar-refractivity contribution in [3.05, 3.63) is 25.3 Å². The van der Waals surface area contributed by atoms with Crippen molar-refractivity contribution >= 4 is 17.7 Å². The van der Waals surface area contributed by atoms with Crippen LogP contribution < -0.4 is 16.0 Å². The minimum absolute atomic E-state index is 0.0927. The summed E-state index contributed by atoms with van der Waals surface area (Å²) < 4.78 is 5.38. The van der Waals surface area contributed by atoms with E-state index in [-0.39, 0.29) is 30.7 Å². The molecule has 0 bridgehead atoms. The second-order valence-electron chi connectivity index (χ2n) is 8.24. The molecule has 35 heavy (non-hydrogen) atoms. The van der Waals surface area contributed by atoms with Crippen LogP contribution in [0.15, 0.2) is 25.3 Å². The predicted molar refractivity (Wildman–Crippen MR) is 128 cm³/mol. The number of amides is 3. The summed E-state index contributed by atoms with van der Waals surface area (Å²) in [5, 5.41) is 47.3. The van der Waals surface area contributed by atoms with Gasteiger partial charge in [-0.15, -0.1) is 0 Å². The highest BCUT2D eigenvalue weighted by molar-refractivity contribution is 5.87. The lowest BCUT2D eigenvalue weighted by molar-refractivity contribution is -0.236. The van der Waals surface area contributed by atoms with E-state index in [1.165, 1.54) is 12.2 Å². The van der Waals surface area contributed by atoms with Crippen LogP contribution in [0.4, 0.5) is 0 Å². The molecule has 1 saturated heterocycles. The standard InChI is InChI=1S/C23H40N4O8/c1-3-17(29)24-10-5-7-13-27(14-8-6-11-25-18(30)4-2)19(31)9-12-26-23-22(34)21(33)20(32)16(15-28)35-23/h3-4,16,20-23,26,28,32-34H,1-2,5-15H2,(H,24,29)(H,25,30). The van der Waals surface area contributed by atoms with Gasteiger partial charge in [0.05, 0.1) is 6.61 Å². The first-order valence-corrected chi connectivity index (χ1v) is 11.9. The zero-order valence-corrected chi connectivity index (χ0v) is 20.1. The van der Waals surface area contributed by atoms with Gasteiger partial charge in [0.1, 0.15) is 30.6 Å². The molecule has 0 radical (unpaired) electrons. The number of carbonyl (C=O) groups is 3. The van der Waals surface area contributed by atoms with Gasteiger partial charge in [-0.2, -0.15) is 0 Å². The van der Waals surface area contributed by atoms with Gasteiger partial charge in [0.15, 0.2) is 0 Å². The van der Waals surface area contributed by atoms with Crippen molar-refractivity contribution in [3.8, 4) is 0 Å². The Balaban J connectivity index is 2.51. The van der Waals surface area contributed by atoms with E-state index in [9.17, 15) is 34.8 Å². The van der Waals surface area contributed by atoms with E-state index in [2.05, 4.69) is 29.1 Å². The fourth-order valence-corrected chi connectivity index (χ4v) is 3.53. The second kappa shape index (κ2) is 17.1. The summed E-state index contributed by atoms with van der Waals surface area (Å²) in [6.45, 7) is 8.32. The van der Waals surface area contributed by atoms with Crippen molar-refractivity contribution in [1.29, 1.82) is 0 Å². The number of unbranched alkanes of at least 4 members (excludes halogenated alkanes) is 2. The van der Waals surface area contributed by atoms with Crippen molar-refractivity contribution in [3.63, 3.8) is 0 Å². The molecule has 12 heteroatoms. The molecule has 7 N–H and O–H groups in total. The van der Waals surface area contributed by atoms with Gasteiger partial charge >= 0.3 is 0 Å².